The predicted octanol–water partition coefficient (Wildman–Crippen LogP) is 2.43. The molecule has 1 aliphatic heterocycles. The Balaban J connectivity index is 1.91. The minimum atomic E-state index is 0.113. The van der Waals surface area contributed by atoms with Crippen LogP contribution in [0.4, 0.5) is 0 Å². The van der Waals surface area contributed by atoms with Gasteiger partial charge in [-0.3, -0.25) is 0 Å². The Bertz CT molecular complexity index is 163. The lowest BCUT2D eigenvalue weighted by Crippen LogP contribution is -2.32. The third kappa shape index (κ3) is 2.05. The molecule has 13 heavy (non-hydrogen) atoms. The van der Waals surface area contributed by atoms with Crippen molar-refractivity contribution in [2.24, 2.45) is 17.8 Å². The van der Waals surface area contributed by atoms with E-state index in [1.807, 2.05) is 0 Å². The predicted molar refractivity (Wildman–Crippen MR) is 51.4 cm³/mol. The molecule has 2 aliphatic rings. The third-order valence-electron chi connectivity index (χ3n) is 3.50. The van der Waals surface area contributed by atoms with Crippen molar-refractivity contribution in [3.8, 4) is 0 Å². The van der Waals surface area contributed by atoms with Crippen molar-refractivity contribution in [2.45, 2.75) is 39.4 Å². The summed E-state index contributed by atoms with van der Waals surface area (Å²) in [4.78, 5) is 0. The molecule has 2 heteroatoms. The molecule has 0 N–H and O–H groups in total. The van der Waals surface area contributed by atoms with Crippen molar-refractivity contribution >= 4 is 0 Å². The fourth-order valence-corrected chi connectivity index (χ4v) is 2.72. The minimum Gasteiger partial charge on any atom is -0.350 e. The fourth-order valence-electron chi connectivity index (χ4n) is 2.72. The first-order chi connectivity index (χ1) is 6.27. The summed E-state index contributed by atoms with van der Waals surface area (Å²) in [5, 5.41) is 0. The molecular weight excluding hydrogens is 164 g/mol. The standard InChI is InChI=1S/C11H20O2/c1-8-3-4-10(9(2)7-8)11-12-5-6-13-11/h8-11H,3-7H2,1-2H3. The fraction of sp³-hybridized carbons (Fsp3) is 1.00. The van der Waals surface area contributed by atoms with Gasteiger partial charge in [-0.1, -0.05) is 20.3 Å². The van der Waals surface area contributed by atoms with Crippen molar-refractivity contribution in [1.29, 1.82) is 0 Å². The van der Waals surface area contributed by atoms with E-state index in [2.05, 4.69) is 13.8 Å². The van der Waals surface area contributed by atoms with Crippen molar-refractivity contribution in [1.82, 2.24) is 0 Å². The molecule has 0 bridgehead atoms. The first-order valence-corrected chi connectivity index (χ1v) is 5.50. The Hall–Kier alpha value is -0.0800. The second kappa shape index (κ2) is 3.97. The van der Waals surface area contributed by atoms with E-state index in [1.165, 1.54) is 19.3 Å². The highest BCUT2D eigenvalue weighted by molar-refractivity contribution is 4.79. The van der Waals surface area contributed by atoms with Gasteiger partial charge in [0.05, 0.1) is 13.2 Å². The summed E-state index contributed by atoms with van der Waals surface area (Å²) in [5.41, 5.74) is 0. The van der Waals surface area contributed by atoms with Crippen LogP contribution in [-0.2, 0) is 9.47 Å². The van der Waals surface area contributed by atoms with E-state index in [0.717, 1.165) is 25.0 Å². The molecule has 0 radical (unpaired) electrons. The van der Waals surface area contributed by atoms with Gasteiger partial charge in [-0.15, -0.1) is 0 Å². The molecule has 1 heterocycles. The van der Waals surface area contributed by atoms with Crippen LogP contribution in [0.25, 0.3) is 0 Å². The lowest BCUT2D eigenvalue weighted by molar-refractivity contribution is -0.110. The Morgan fingerprint density at radius 1 is 1.00 bits per heavy atom. The molecule has 1 saturated carbocycles. The summed E-state index contributed by atoms with van der Waals surface area (Å²) >= 11 is 0. The first kappa shape index (κ1) is 9.47. The Kier molecular flexibility index (Phi) is 2.89. The molecule has 2 fully saturated rings. The molecule has 0 spiro atoms. The van der Waals surface area contributed by atoms with E-state index >= 15 is 0 Å². The highest BCUT2D eigenvalue weighted by Crippen LogP contribution is 2.37. The molecule has 0 aromatic heterocycles. The average molecular weight is 184 g/mol. The Morgan fingerprint density at radius 3 is 2.31 bits per heavy atom. The van der Waals surface area contributed by atoms with Gasteiger partial charge < -0.3 is 9.47 Å². The summed E-state index contributed by atoms with van der Waals surface area (Å²) in [6, 6.07) is 0. The van der Waals surface area contributed by atoms with Crippen LogP contribution in [-0.4, -0.2) is 19.5 Å². The van der Waals surface area contributed by atoms with Crippen LogP contribution in [0.15, 0.2) is 0 Å². The number of rotatable bonds is 1. The van der Waals surface area contributed by atoms with Crippen molar-refractivity contribution in [2.75, 3.05) is 13.2 Å². The van der Waals surface area contributed by atoms with E-state index in [-0.39, 0.29) is 6.29 Å². The molecule has 0 aromatic carbocycles. The van der Waals surface area contributed by atoms with E-state index in [1.54, 1.807) is 0 Å². The molecule has 2 nitrogen and oxygen atoms in total. The first-order valence-electron chi connectivity index (χ1n) is 5.50. The van der Waals surface area contributed by atoms with Gasteiger partial charge in [-0.25, -0.2) is 0 Å². The zero-order chi connectivity index (χ0) is 9.26. The maximum absolute atomic E-state index is 5.58. The van der Waals surface area contributed by atoms with Gasteiger partial charge in [0.15, 0.2) is 6.29 Å². The topological polar surface area (TPSA) is 18.5 Å². The van der Waals surface area contributed by atoms with Gasteiger partial charge in [0.2, 0.25) is 0 Å². The lowest BCUT2D eigenvalue weighted by atomic mass is 9.75. The van der Waals surface area contributed by atoms with Crippen molar-refractivity contribution < 1.29 is 9.47 Å². The molecule has 1 aliphatic carbocycles. The summed E-state index contributed by atoms with van der Waals surface area (Å²) in [6.07, 6.45) is 4.08. The normalized spacial score (nSPS) is 42.5. The highest BCUT2D eigenvalue weighted by atomic mass is 16.7. The minimum absolute atomic E-state index is 0.113. The van der Waals surface area contributed by atoms with E-state index in [9.17, 15) is 0 Å². The Labute approximate surface area is 80.6 Å². The van der Waals surface area contributed by atoms with E-state index < -0.39 is 0 Å². The lowest BCUT2D eigenvalue weighted by Gasteiger charge is -2.35. The molecule has 3 unspecified atom stereocenters. The van der Waals surface area contributed by atoms with Crippen LogP contribution in [0.1, 0.15) is 33.1 Å². The van der Waals surface area contributed by atoms with Gasteiger partial charge in [0, 0.05) is 5.92 Å². The van der Waals surface area contributed by atoms with Crippen molar-refractivity contribution in [3.05, 3.63) is 0 Å². The van der Waals surface area contributed by atoms with E-state index in [0.29, 0.717) is 5.92 Å². The number of ether oxygens (including phenoxy) is 2. The van der Waals surface area contributed by atoms with Gasteiger partial charge in [-0.2, -0.15) is 0 Å². The molecular formula is C11H20O2. The number of hydrogen-bond donors (Lipinski definition) is 0. The second-order valence-electron chi connectivity index (χ2n) is 4.67. The van der Waals surface area contributed by atoms with Crippen LogP contribution in [0.5, 0.6) is 0 Å². The van der Waals surface area contributed by atoms with Crippen LogP contribution in [0.3, 0.4) is 0 Å². The molecule has 76 valence electrons. The molecule has 1 saturated heterocycles. The molecule has 0 aromatic rings. The van der Waals surface area contributed by atoms with Crippen LogP contribution < -0.4 is 0 Å². The molecule has 2 rings (SSSR count). The van der Waals surface area contributed by atoms with E-state index in [4.69, 9.17) is 9.47 Å². The van der Waals surface area contributed by atoms with Gasteiger partial charge in [-0.05, 0) is 24.7 Å². The summed E-state index contributed by atoms with van der Waals surface area (Å²) in [7, 11) is 0. The monoisotopic (exact) mass is 184 g/mol. The van der Waals surface area contributed by atoms with Crippen LogP contribution in [0.2, 0.25) is 0 Å². The third-order valence-corrected chi connectivity index (χ3v) is 3.50. The van der Waals surface area contributed by atoms with Crippen LogP contribution >= 0.6 is 0 Å². The van der Waals surface area contributed by atoms with Gasteiger partial charge in [0.1, 0.15) is 0 Å². The van der Waals surface area contributed by atoms with Crippen LogP contribution in [0, 0.1) is 17.8 Å². The van der Waals surface area contributed by atoms with Crippen molar-refractivity contribution in [3.63, 3.8) is 0 Å². The summed E-state index contributed by atoms with van der Waals surface area (Å²) in [6.45, 7) is 6.28. The molecule has 0 amide bonds. The molecule has 3 atom stereocenters. The second-order valence-corrected chi connectivity index (χ2v) is 4.67. The van der Waals surface area contributed by atoms with Gasteiger partial charge >= 0.3 is 0 Å². The smallest absolute Gasteiger partial charge is 0.160 e. The quantitative estimate of drug-likeness (QED) is 0.623. The zero-order valence-electron chi connectivity index (χ0n) is 8.66. The highest BCUT2D eigenvalue weighted by Gasteiger charge is 2.34. The summed E-state index contributed by atoms with van der Waals surface area (Å²) in [5.74, 6) is 2.32. The maximum atomic E-state index is 5.58. The number of hydrogen-bond acceptors (Lipinski definition) is 2. The zero-order valence-corrected chi connectivity index (χ0v) is 8.66. The summed E-state index contributed by atoms with van der Waals surface area (Å²) < 4.78 is 11.2. The SMILES string of the molecule is CC1CCC(C2OCCO2)C(C)C1. The average Bonchev–Trinajstić information content (AvgIpc) is 2.56. The maximum Gasteiger partial charge on any atom is 0.160 e. The largest absolute Gasteiger partial charge is 0.350 e. The Morgan fingerprint density at radius 2 is 1.69 bits per heavy atom. The van der Waals surface area contributed by atoms with Gasteiger partial charge in [0.25, 0.3) is 0 Å².